The molecular formula is C38H34BrNO5. The monoisotopic (exact) mass is 663 g/mol. The summed E-state index contributed by atoms with van der Waals surface area (Å²) in [7, 11) is 0. The van der Waals surface area contributed by atoms with Crippen LogP contribution in [-0.2, 0) is 24.6 Å². The Morgan fingerprint density at radius 2 is 1.53 bits per heavy atom. The van der Waals surface area contributed by atoms with Crippen LogP contribution in [0.3, 0.4) is 0 Å². The predicted molar refractivity (Wildman–Crippen MR) is 174 cm³/mol. The van der Waals surface area contributed by atoms with E-state index in [0.717, 1.165) is 5.57 Å². The van der Waals surface area contributed by atoms with Crippen molar-refractivity contribution in [3.8, 4) is 5.75 Å². The summed E-state index contributed by atoms with van der Waals surface area (Å²) in [6, 6.07) is 23.7. The summed E-state index contributed by atoms with van der Waals surface area (Å²) in [6.07, 6.45) is 4.09. The summed E-state index contributed by atoms with van der Waals surface area (Å²) in [4.78, 5) is 59.2. The number of allylic oxidation sites excluding steroid dienone is 4. The Balaban J connectivity index is 1.52. The number of amides is 2. The number of hydrogen-bond donors (Lipinski definition) is 1. The van der Waals surface area contributed by atoms with Crippen molar-refractivity contribution in [3.05, 3.63) is 118 Å². The zero-order chi connectivity index (χ0) is 31.8. The molecule has 3 aromatic rings. The minimum absolute atomic E-state index is 0.00385. The van der Waals surface area contributed by atoms with Crippen LogP contribution in [-0.4, -0.2) is 38.9 Å². The lowest BCUT2D eigenvalue weighted by Crippen LogP contribution is -2.59. The van der Waals surface area contributed by atoms with Crippen molar-refractivity contribution in [2.24, 2.45) is 23.7 Å². The molecule has 0 bridgehead atoms. The number of phenolic OH excluding ortho intramolecular Hbond substituents is 1. The third-order valence-corrected chi connectivity index (χ3v) is 10.8. The minimum atomic E-state index is -1.38. The van der Waals surface area contributed by atoms with Gasteiger partial charge in [-0.2, -0.15) is 0 Å². The number of halogens is 1. The Bertz CT molecular complexity index is 1820. The fourth-order valence-corrected chi connectivity index (χ4v) is 9.02. The Labute approximate surface area is 271 Å². The standard InChI is InChI=1S/C38H34BrNO5/c1-37(2,3)40-35(44)25-16-15-24-27(32(25)36(40)45)19-29-34(43)26(21-10-6-4-7-11-21)20-31(42)38(29,22-12-8-5-9-13-22)33(24)28-18-23(39)14-17-30(28)41/h4-15,17-18,20,25,27,29,32-33,41H,16,19H2,1-3H3/t25-,27+,29-,32-,33+,38-/m0/s1. The number of rotatable bonds is 3. The highest BCUT2D eigenvalue weighted by Crippen LogP contribution is 2.64. The molecule has 1 aliphatic heterocycles. The van der Waals surface area contributed by atoms with Crippen molar-refractivity contribution in [1.82, 2.24) is 4.90 Å². The van der Waals surface area contributed by atoms with Crippen molar-refractivity contribution in [2.75, 3.05) is 0 Å². The van der Waals surface area contributed by atoms with Gasteiger partial charge in [0, 0.05) is 33.0 Å². The largest absolute Gasteiger partial charge is 0.508 e. The van der Waals surface area contributed by atoms with Crippen molar-refractivity contribution in [1.29, 1.82) is 0 Å². The first-order valence-corrected chi connectivity index (χ1v) is 16.2. The third kappa shape index (κ3) is 4.27. The molecule has 228 valence electrons. The number of carbonyl (C=O) groups is 4. The van der Waals surface area contributed by atoms with E-state index in [0.29, 0.717) is 33.2 Å². The lowest BCUT2D eigenvalue weighted by Gasteiger charge is -2.55. The first kappa shape index (κ1) is 29.6. The molecule has 1 saturated carbocycles. The van der Waals surface area contributed by atoms with Crippen molar-refractivity contribution < 1.29 is 24.3 Å². The quantitative estimate of drug-likeness (QED) is 0.246. The number of carbonyl (C=O) groups excluding carboxylic acids is 4. The lowest BCUT2D eigenvalue weighted by atomic mass is 9.44. The van der Waals surface area contributed by atoms with Gasteiger partial charge in [0.25, 0.3) is 0 Å². The van der Waals surface area contributed by atoms with Gasteiger partial charge < -0.3 is 5.11 Å². The first-order valence-electron chi connectivity index (χ1n) is 15.4. The van der Waals surface area contributed by atoms with Crippen LogP contribution in [0.2, 0.25) is 0 Å². The zero-order valence-electron chi connectivity index (χ0n) is 25.4. The van der Waals surface area contributed by atoms with Crippen LogP contribution in [0.4, 0.5) is 0 Å². The van der Waals surface area contributed by atoms with E-state index in [2.05, 4.69) is 15.9 Å². The second-order valence-electron chi connectivity index (χ2n) is 13.7. The second kappa shape index (κ2) is 10.5. The van der Waals surface area contributed by atoms with Crippen LogP contribution in [0.5, 0.6) is 5.75 Å². The van der Waals surface area contributed by atoms with E-state index >= 15 is 0 Å². The van der Waals surface area contributed by atoms with Crippen molar-refractivity contribution in [3.63, 3.8) is 0 Å². The molecule has 2 fully saturated rings. The molecule has 2 amide bonds. The van der Waals surface area contributed by atoms with Crippen LogP contribution >= 0.6 is 15.9 Å². The fraction of sp³-hybridized carbons (Fsp3) is 0.316. The average Bonchev–Trinajstić information content (AvgIpc) is 3.29. The van der Waals surface area contributed by atoms with Crippen molar-refractivity contribution in [2.45, 2.75) is 50.5 Å². The smallest absolute Gasteiger partial charge is 0.234 e. The van der Waals surface area contributed by atoms with Gasteiger partial charge in [-0.05, 0) is 74.9 Å². The highest BCUT2D eigenvalue weighted by molar-refractivity contribution is 9.10. The number of ketones is 2. The number of phenols is 1. The van der Waals surface area contributed by atoms with Gasteiger partial charge in [-0.1, -0.05) is 88.2 Å². The van der Waals surface area contributed by atoms with Gasteiger partial charge >= 0.3 is 0 Å². The number of aromatic hydroxyl groups is 1. The van der Waals surface area contributed by atoms with Crippen LogP contribution in [0, 0.1) is 23.7 Å². The number of nitrogens with zero attached hydrogens (tertiary/aromatic N) is 1. The fourth-order valence-electron chi connectivity index (χ4n) is 8.64. The summed E-state index contributed by atoms with van der Waals surface area (Å²) < 4.78 is 0.715. The molecule has 0 unspecified atom stereocenters. The molecule has 3 aliphatic carbocycles. The van der Waals surface area contributed by atoms with Crippen LogP contribution in [0.25, 0.3) is 5.57 Å². The predicted octanol–water partition coefficient (Wildman–Crippen LogP) is 6.78. The molecule has 3 aromatic carbocycles. The molecular weight excluding hydrogens is 630 g/mol. The van der Waals surface area contributed by atoms with Gasteiger partial charge in [-0.15, -0.1) is 0 Å². The van der Waals surface area contributed by atoms with E-state index in [1.165, 1.54) is 11.0 Å². The van der Waals surface area contributed by atoms with Gasteiger partial charge in [0.1, 0.15) is 5.75 Å². The van der Waals surface area contributed by atoms with E-state index in [4.69, 9.17) is 0 Å². The Kier molecular flexibility index (Phi) is 6.89. The van der Waals surface area contributed by atoms with E-state index in [-0.39, 0.29) is 35.6 Å². The Hall–Kier alpha value is -4.10. The average molecular weight is 665 g/mol. The summed E-state index contributed by atoms with van der Waals surface area (Å²) in [5, 5.41) is 11.5. The molecule has 0 radical (unpaired) electrons. The molecule has 6 nitrogen and oxygen atoms in total. The Morgan fingerprint density at radius 1 is 0.867 bits per heavy atom. The number of fused-ring (bicyclic) bond motifs is 4. The number of Topliss-reactive ketones (excluding diaryl/α,β-unsaturated/α-hetero) is 1. The molecule has 6 atom stereocenters. The normalized spacial score (nSPS) is 29.5. The number of hydrogen-bond acceptors (Lipinski definition) is 5. The first-order chi connectivity index (χ1) is 21.5. The van der Waals surface area contributed by atoms with Gasteiger partial charge in [0.15, 0.2) is 11.6 Å². The van der Waals surface area contributed by atoms with Crippen LogP contribution < -0.4 is 0 Å². The van der Waals surface area contributed by atoms with Gasteiger partial charge in [0.2, 0.25) is 11.8 Å². The highest BCUT2D eigenvalue weighted by Gasteiger charge is 2.66. The zero-order valence-corrected chi connectivity index (χ0v) is 27.0. The van der Waals surface area contributed by atoms with E-state index in [1.54, 1.807) is 12.1 Å². The lowest BCUT2D eigenvalue weighted by molar-refractivity contribution is -0.145. The van der Waals surface area contributed by atoms with Gasteiger partial charge in [0.05, 0.1) is 17.3 Å². The third-order valence-electron chi connectivity index (χ3n) is 10.3. The topological polar surface area (TPSA) is 91.8 Å². The highest BCUT2D eigenvalue weighted by atomic mass is 79.9. The SMILES string of the molecule is CC(C)(C)N1C(=O)[C@H]2[C@H](CC=C3[C@H]2C[C@H]2C(=O)C(c4ccccc4)=CC(=O)[C@@]2(c2ccccc2)[C@H]3c2cc(Br)ccc2O)C1=O. The molecule has 1 N–H and O–H groups in total. The van der Waals surface area contributed by atoms with Gasteiger partial charge in [-0.25, -0.2) is 0 Å². The second-order valence-corrected chi connectivity index (χ2v) is 14.6. The summed E-state index contributed by atoms with van der Waals surface area (Å²) in [6.45, 7) is 5.58. The summed E-state index contributed by atoms with van der Waals surface area (Å²) in [5.74, 6) is -4.06. The number of benzene rings is 3. The van der Waals surface area contributed by atoms with E-state index in [1.807, 2.05) is 93.6 Å². The van der Waals surface area contributed by atoms with Gasteiger partial charge in [-0.3, -0.25) is 24.1 Å². The molecule has 1 saturated heterocycles. The maximum atomic E-state index is 15.0. The Morgan fingerprint density at radius 3 is 2.20 bits per heavy atom. The summed E-state index contributed by atoms with van der Waals surface area (Å²) >= 11 is 3.57. The maximum absolute atomic E-state index is 15.0. The number of imide groups is 1. The molecule has 7 rings (SSSR count). The van der Waals surface area contributed by atoms with Crippen LogP contribution in [0.1, 0.15) is 56.2 Å². The molecule has 0 aromatic heterocycles. The van der Waals surface area contributed by atoms with Crippen molar-refractivity contribution >= 4 is 44.9 Å². The molecule has 45 heavy (non-hydrogen) atoms. The summed E-state index contributed by atoms with van der Waals surface area (Å²) in [5.41, 5.74) is 0.962. The minimum Gasteiger partial charge on any atom is -0.508 e. The van der Waals surface area contributed by atoms with E-state index in [9.17, 15) is 24.3 Å². The molecule has 0 spiro atoms. The molecule has 7 heteroatoms. The maximum Gasteiger partial charge on any atom is 0.234 e. The van der Waals surface area contributed by atoms with E-state index < -0.39 is 40.5 Å². The molecule has 4 aliphatic rings. The molecule has 1 heterocycles. The van der Waals surface area contributed by atoms with Crippen LogP contribution in [0.15, 0.2) is 101 Å². The number of likely N-dealkylation sites (tertiary alicyclic amines) is 1.